The maximum atomic E-state index is 6.24. The molecule has 2 heterocycles. The number of rotatable bonds is 3. The Morgan fingerprint density at radius 2 is 2.05 bits per heavy atom. The van der Waals surface area contributed by atoms with Crippen molar-refractivity contribution in [2.24, 2.45) is 0 Å². The van der Waals surface area contributed by atoms with Crippen molar-refractivity contribution in [1.82, 2.24) is 10.3 Å². The second kappa shape index (κ2) is 5.90. The molecule has 4 heteroatoms. The van der Waals surface area contributed by atoms with Crippen LogP contribution in [-0.2, 0) is 23.3 Å². The van der Waals surface area contributed by atoms with Gasteiger partial charge >= 0.3 is 0 Å². The molecule has 0 bridgehead atoms. The van der Waals surface area contributed by atoms with Crippen molar-refractivity contribution >= 4 is 11.3 Å². The number of fused-ring (bicyclic) bond motifs is 1. The van der Waals surface area contributed by atoms with Crippen LogP contribution in [0.4, 0.5) is 0 Å². The van der Waals surface area contributed by atoms with Gasteiger partial charge in [0.15, 0.2) is 0 Å². The first kappa shape index (κ1) is 13.5. The van der Waals surface area contributed by atoms with Gasteiger partial charge in [0.1, 0.15) is 10.6 Å². The van der Waals surface area contributed by atoms with Crippen molar-refractivity contribution in [1.29, 1.82) is 0 Å². The van der Waals surface area contributed by atoms with Crippen LogP contribution in [0.5, 0.6) is 0 Å². The molecule has 106 valence electrons. The second-order valence-corrected chi connectivity index (χ2v) is 6.74. The highest BCUT2D eigenvalue weighted by Crippen LogP contribution is 2.42. The fourth-order valence-corrected chi connectivity index (χ4v) is 4.59. The maximum Gasteiger partial charge on any atom is 0.125 e. The molecule has 0 unspecified atom stereocenters. The number of aromatic nitrogens is 1. The summed E-state index contributed by atoms with van der Waals surface area (Å²) in [5.41, 5.74) is 1.25. The molecule has 0 aromatic carbocycles. The summed E-state index contributed by atoms with van der Waals surface area (Å²) in [7, 11) is 0. The number of nitrogens with one attached hydrogen (secondary N) is 1. The lowest BCUT2D eigenvalue weighted by Crippen LogP contribution is -2.29. The molecule has 0 saturated heterocycles. The van der Waals surface area contributed by atoms with E-state index in [4.69, 9.17) is 9.72 Å². The van der Waals surface area contributed by atoms with Gasteiger partial charge in [-0.15, -0.1) is 11.3 Å². The molecular formula is C15H24N2OS. The van der Waals surface area contributed by atoms with Crippen molar-refractivity contribution in [3.05, 3.63) is 15.6 Å². The van der Waals surface area contributed by atoms with Gasteiger partial charge in [0.2, 0.25) is 0 Å². The van der Waals surface area contributed by atoms with E-state index in [0.29, 0.717) is 0 Å². The van der Waals surface area contributed by atoms with E-state index in [-0.39, 0.29) is 5.60 Å². The zero-order valence-corrected chi connectivity index (χ0v) is 12.7. The van der Waals surface area contributed by atoms with E-state index in [9.17, 15) is 0 Å². The number of ether oxygens (including phenoxy) is 1. The Balaban J connectivity index is 1.91. The topological polar surface area (TPSA) is 34.1 Å². The van der Waals surface area contributed by atoms with E-state index in [2.05, 4.69) is 12.2 Å². The quantitative estimate of drug-likeness (QED) is 0.862. The maximum absolute atomic E-state index is 6.24. The number of nitrogens with zero attached hydrogens (tertiary/aromatic N) is 1. The van der Waals surface area contributed by atoms with Crippen LogP contribution in [0.1, 0.15) is 61.0 Å². The van der Waals surface area contributed by atoms with Crippen LogP contribution in [0.2, 0.25) is 0 Å². The summed E-state index contributed by atoms with van der Waals surface area (Å²) in [5, 5.41) is 4.70. The van der Waals surface area contributed by atoms with Gasteiger partial charge in [0.25, 0.3) is 0 Å². The first-order valence-electron chi connectivity index (χ1n) is 7.68. The minimum absolute atomic E-state index is 0.0761. The van der Waals surface area contributed by atoms with E-state index in [1.807, 2.05) is 11.3 Å². The lowest BCUT2D eigenvalue weighted by molar-refractivity contribution is -0.0560. The highest BCUT2D eigenvalue weighted by atomic mass is 32.1. The van der Waals surface area contributed by atoms with Crippen molar-refractivity contribution < 1.29 is 4.74 Å². The molecule has 1 N–H and O–H groups in total. The summed E-state index contributed by atoms with van der Waals surface area (Å²) in [6.45, 7) is 4.97. The van der Waals surface area contributed by atoms with Crippen LogP contribution >= 0.6 is 11.3 Å². The summed E-state index contributed by atoms with van der Waals surface area (Å²) >= 11 is 1.89. The van der Waals surface area contributed by atoms with Crippen LogP contribution in [0.3, 0.4) is 0 Å². The highest BCUT2D eigenvalue weighted by Gasteiger charge is 2.37. The lowest BCUT2D eigenvalue weighted by atomic mass is 9.95. The molecule has 0 spiro atoms. The third kappa shape index (κ3) is 2.71. The fraction of sp³-hybridized carbons (Fsp3) is 0.800. The summed E-state index contributed by atoms with van der Waals surface area (Å²) in [4.78, 5) is 6.40. The minimum Gasteiger partial charge on any atom is -0.368 e. The third-order valence-electron chi connectivity index (χ3n) is 4.32. The molecule has 3 rings (SSSR count). The summed E-state index contributed by atoms with van der Waals surface area (Å²) in [5.74, 6) is 0. The smallest absolute Gasteiger partial charge is 0.125 e. The van der Waals surface area contributed by atoms with Crippen molar-refractivity contribution in [2.75, 3.05) is 13.2 Å². The summed E-state index contributed by atoms with van der Waals surface area (Å²) in [6, 6.07) is 0. The monoisotopic (exact) mass is 280 g/mol. The molecule has 1 aliphatic heterocycles. The predicted molar refractivity (Wildman–Crippen MR) is 78.5 cm³/mol. The average molecular weight is 280 g/mol. The number of hydrogen-bond acceptors (Lipinski definition) is 4. The Kier molecular flexibility index (Phi) is 4.20. The highest BCUT2D eigenvalue weighted by molar-refractivity contribution is 7.11. The molecule has 1 aliphatic carbocycles. The van der Waals surface area contributed by atoms with Crippen LogP contribution in [0, 0.1) is 0 Å². The number of hydrogen-bond donors (Lipinski definition) is 1. The zero-order chi connectivity index (χ0) is 13.1. The van der Waals surface area contributed by atoms with Crippen LogP contribution in [0.25, 0.3) is 0 Å². The van der Waals surface area contributed by atoms with Crippen molar-refractivity contribution in [3.8, 4) is 0 Å². The predicted octanol–water partition coefficient (Wildman–Crippen LogP) is 3.37. The third-order valence-corrected chi connectivity index (χ3v) is 5.61. The van der Waals surface area contributed by atoms with E-state index in [1.54, 1.807) is 0 Å². The Bertz CT molecular complexity index is 398. The van der Waals surface area contributed by atoms with Gasteiger partial charge in [0, 0.05) is 31.0 Å². The molecule has 0 radical (unpaired) electrons. The first-order chi connectivity index (χ1) is 9.34. The summed E-state index contributed by atoms with van der Waals surface area (Å²) in [6.07, 6.45) is 8.64. The first-order valence-corrected chi connectivity index (χ1v) is 8.49. The van der Waals surface area contributed by atoms with Crippen molar-refractivity contribution in [2.45, 2.75) is 64.0 Å². The molecule has 1 aromatic heterocycles. The van der Waals surface area contributed by atoms with Gasteiger partial charge in [-0.1, -0.05) is 25.7 Å². The fourth-order valence-electron chi connectivity index (χ4n) is 3.32. The SMILES string of the molecule is CCOC1(c2nc3c(s2)CNCC3)CCCCCC1. The lowest BCUT2D eigenvalue weighted by Gasteiger charge is -2.30. The molecular weight excluding hydrogens is 256 g/mol. The van der Waals surface area contributed by atoms with E-state index in [1.165, 1.54) is 41.3 Å². The van der Waals surface area contributed by atoms with Gasteiger partial charge in [0.05, 0.1) is 5.69 Å². The van der Waals surface area contributed by atoms with E-state index >= 15 is 0 Å². The summed E-state index contributed by atoms with van der Waals surface area (Å²) < 4.78 is 6.24. The Labute approximate surface area is 119 Å². The normalized spacial score (nSPS) is 22.8. The van der Waals surface area contributed by atoms with E-state index in [0.717, 1.165) is 39.0 Å². The zero-order valence-electron chi connectivity index (χ0n) is 11.8. The standard InChI is InChI=1S/C15H24N2OS/c1-2-18-15(8-5-3-4-6-9-15)14-17-12-7-10-16-11-13(12)19-14/h16H,2-11H2,1H3. The Morgan fingerprint density at radius 3 is 2.74 bits per heavy atom. The molecule has 2 aliphatic rings. The van der Waals surface area contributed by atoms with Gasteiger partial charge in [-0.2, -0.15) is 0 Å². The molecule has 1 aromatic rings. The average Bonchev–Trinajstić information content (AvgIpc) is 2.73. The molecule has 1 saturated carbocycles. The Morgan fingerprint density at radius 1 is 1.26 bits per heavy atom. The molecule has 0 atom stereocenters. The van der Waals surface area contributed by atoms with Gasteiger partial charge < -0.3 is 10.1 Å². The van der Waals surface area contributed by atoms with E-state index < -0.39 is 0 Å². The van der Waals surface area contributed by atoms with Crippen LogP contribution in [-0.4, -0.2) is 18.1 Å². The Hall–Kier alpha value is -0.450. The van der Waals surface area contributed by atoms with Gasteiger partial charge in [-0.25, -0.2) is 4.98 Å². The largest absolute Gasteiger partial charge is 0.368 e. The molecule has 1 fully saturated rings. The molecule has 19 heavy (non-hydrogen) atoms. The molecule has 3 nitrogen and oxygen atoms in total. The van der Waals surface area contributed by atoms with Crippen LogP contribution < -0.4 is 5.32 Å². The number of thiazole rings is 1. The van der Waals surface area contributed by atoms with Gasteiger partial charge in [-0.3, -0.25) is 0 Å². The van der Waals surface area contributed by atoms with Crippen molar-refractivity contribution in [3.63, 3.8) is 0 Å². The second-order valence-electron chi connectivity index (χ2n) is 5.66. The van der Waals surface area contributed by atoms with Gasteiger partial charge in [-0.05, 0) is 19.8 Å². The molecule has 0 amide bonds. The minimum atomic E-state index is -0.0761. The van der Waals surface area contributed by atoms with Crippen LogP contribution in [0.15, 0.2) is 0 Å².